The summed E-state index contributed by atoms with van der Waals surface area (Å²) in [7, 11) is 1.03. The van der Waals surface area contributed by atoms with Gasteiger partial charge in [-0.15, -0.1) is 0 Å². The minimum absolute atomic E-state index is 0.230. The van der Waals surface area contributed by atoms with Crippen molar-refractivity contribution in [3.8, 4) is 0 Å². The zero-order valence-electron chi connectivity index (χ0n) is 11.0. The number of nitrogens with zero attached hydrogens (tertiary/aromatic N) is 1. The fourth-order valence-corrected chi connectivity index (χ4v) is 1.34. The van der Waals surface area contributed by atoms with Crippen molar-refractivity contribution in [1.29, 1.82) is 0 Å². The molecule has 21 heavy (non-hydrogen) atoms. The Labute approximate surface area is 117 Å². The van der Waals surface area contributed by atoms with Gasteiger partial charge in [0.1, 0.15) is 0 Å². The topological polar surface area (TPSA) is 91.0 Å². The Morgan fingerprint density at radius 3 is 2.24 bits per heavy atom. The van der Waals surface area contributed by atoms with Gasteiger partial charge in [0, 0.05) is 12.5 Å². The molecule has 0 bridgehead atoms. The predicted octanol–water partition coefficient (Wildman–Crippen LogP) is 1.68. The molecule has 0 unspecified atom stereocenters. The van der Waals surface area contributed by atoms with E-state index in [2.05, 4.69) is 14.7 Å². The Balaban J connectivity index is 3.34. The van der Waals surface area contributed by atoms with Crippen molar-refractivity contribution in [3.63, 3.8) is 0 Å². The van der Waals surface area contributed by atoms with E-state index in [0.29, 0.717) is 12.1 Å². The third kappa shape index (κ3) is 4.48. The van der Waals surface area contributed by atoms with Gasteiger partial charge >= 0.3 is 18.1 Å². The van der Waals surface area contributed by atoms with Crippen molar-refractivity contribution < 1.29 is 32.3 Å². The molecule has 1 aromatic carbocycles. The normalized spacial score (nSPS) is 12.0. The van der Waals surface area contributed by atoms with Crippen molar-refractivity contribution in [2.75, 3.05) is 7.11 Å². The molecule has 0 heterocycles. The number of nitrogens with two attached hydrogens (primary N) is 1. The molecule has 114 valence electrons. The Morgan fingerprint density at radius 2 is 1.76 bits per heavy atom. The second kappa shape index (κ2) is 6.25. The number of amidine groups is 1. The van der Waals surface area contributed by atoms with E-state index in [0.717, 1.165) is 20.1 Å². The molecule has 0 aliphatic heterocycles. The summed E-state index contributed by atoms with van der Waals surface area (Å²) in [5, 5.41) is 3.17. The molecule has 1 rings (SSSR count). The van der Waals surface area contributed by atoms with Crippen LogP contribution in [0.2, 0.25) is 0 Å². The Bertz CT molecular complexity index is 597. The molecule has 0 radical (unpaired) electrons. The van der Waals surface area contributed by atoms with Crippen LogP contribution in [0, 0.1) is 0 Å². The molecule has 0 spiro atoms. The first-order valence-electron chi connectivity index (χ1n) is 5.47. The predicted molar refractivity (Wildman–Crippen MR) is 65.3 cm³/mol. The van der Waals surface area contributed by atoms with Crippen LogP contribution in [0.5, 0.6) is 0 Å². The fraction of sp³-hybridized carbons (Fsp3) is 0.250. The average molecular weight is 304 g/mol. The highest BCUT2D eigenvalue weighted by Gasteiger charge is 2.32. The summed E-state index contributed by atoms with van der Waals surface area (Å²) in [6.07, 6.45) is -4.69. The van der Waals surface area contributed by atoms with E-state index in [1.54, 1.807) is 0 Å². The summed E-state index contributed by atoms with van der Waals surface area (Å²) in [4.78, 5) is 26.2. The summed E-state index contributed by atoms with van der Waals surface area (Å²) < 4.78 is 42.7. The summed E-state index contributed by atoms with van der Waals surface area (Å²) in [5.41, 5.74) is 3.72. The molecule has 0 amide bonds. The lowest BCUT2D eigenvalue weighted by Gasteiger charge is -2.11. The van der Waals surface area contributed by atoms with Gasteiger partial charge in [-0.2, -0.15) is 13.2 Å². The maximum atomic E-state index is 12.8. The number of carbonyl (C=O) groups is 2. The number of hydrogen-bond donors (Lipinski definition) is 1. The molecular formula is C12H11F3N2O4. The molecule has 6 nitrogen and oxygen atoms in total. The monoisotopic (exact) mass is 304 g/mol. The lowest BCUT2D eigenvalue weighted by atomic mass is 10.0. The summed E-state index contributed by atoms with van der Waals surface area (Å²) in [5.74, 6) is -2.25. The molecule has 0 saturated carbocycles. The summed E-state index contributed by atoms with van der Waals surface area (Å²) >= 11 is 0. The van der Waals surface area contributed by atoms with Gasteiger partial charge in [0.25, 0.3) is 0 Å². The fourth-order valence-electron chi connectivity index (χ4n) is 1.34. The Hall–Kier alpha value is -2.58. The number of ether oxygens (including phenoxy) is 1. The van der Waals surface area contributed by atoms with E-state index in [9.17, 15) is 22.8 Å². The van der Waals surface area contributed by atoms with Gasteiger partial charge in [0.05, 0.1) is 18.2 Å². The number of benzene rings is 1. The van der Waals surface area contributed by atoms with Crippen LogP contribution in [0.4, 0.5) is 13.2 Å². The largest absolute Gasteiger partial charge is 0.465 e. The molecule has 2 N–H and O–H groups in total. The number of esters is 1. The molecular weight excluding hydrogens is 293 g/mol. The second-order valence-electron chi connectivity index (χ2n) is 3.85. The first-order valence-corrected chi connectivity index (χ1v) is 5.47. The standard InChI is InChI=1S/C12H11F3N2O4/c1-6(18)21-17-10(16)7-3-8(11(19)20-2)5-9(4-7)12(13,14)15/h3-5H,1-2H3,(H2,16,17). The van der Waals surface area contributed by atoms with Crippen LogP contribution in [0.3, 0.4) is 0 Å². The van der Waals surface area contributed by atoms with Crippen LogP contribution >= 0.6 is 0 Å². The van der Waals surface area contributed by atoms with Gasteiger partial charge in [-0.3, -0.25) is 0 Å². The lowest BCUT2D eigenvalue weighted by Crippen LogP contribution is -2.18. The van der Waals surface area contributed by atoms with Crippen molar-refractivity contribution in [1.82, 2.24) is 0 Å². The third-order valence-electron chi connectivity index (χ3n) is 2.25. The summed E-state index contributed by atoms with van der Waals surface area (Å²) in [6.45, 7) is 1.04. The number of carbonyl (C=O) groups excluding carboxylic acids is 2. The average Bonchev–Trinajstić information content (AvgIpc) is 2.42. The molecule has 0 aromatic heterocycles. The number of alkyl halides is 3. The molecule has 1 aromatic rings. The van der Waals surface area contributed by atoms with Crippen molar-refractivity contribution in [3.05, 3.63) is 34.9 Å². The van der Waals surface area contributed by atoms with E-state index < -0.39 is 29.5 Å². The van der Waals surface area contributed by atoms with Crippen molar-refractivity contribution in [2.24, 2.45) is 10.9 Å². The zero-order chi connectivity index (χ0) is 16.2. The second-order valence-corrected chi connectivity index (χ2v) is 3.85. The molecule has 0 saturated heterocycles. The van der Waals surface area contributed by atoms with Gasteiger partial charge in [-0.05, 0) is 18.2 Å². The number of oxime groups is 1. The lowest BCUT2D eigenvalue weighted by molar-refractivity contribution is -0.141. The molecule has 0 aliphatic rings. The Kier molecular flexibility index (Phi) is 4.90. The number of halogens is 3. The van der Waals surface area contributed by atoms with Crippen molar-refractivity contribution >= 4 is 17.8 Å². The maximum Gasteiger partial charge on any atom is 0.416 e. The zero-order valence-corrected chi connectivity index (χ0v) is 11.0. The first-order chi connectivity index (χ1) is 9.65. The highest BCUT2D eigenvalue weighted by atomic mass is 19.4. The first kappa shape index (κ1) is 16.5. The van der Waals surface area contributed by atoms with Gasteiger partial charge < -0.3 is 15.3 Å². The van der Waals surface area contributed by atoms with E-state index in [1.807, 2.05) is 0 Å². The van der Waals surface area contributed by atoms with E-state index in [4.69, 9.17) is 5.73 Å². The van der Waals surface area contributed by atoms with Crippen LogP contribution in [-0.2, 0) is 20.5 Å². The highest BCUT2D eigenvalue weighted by molar-refractivity contribution is 6.00. The van der Waals surface area contributed by atoms with Crippen LogP contribution in [0.15, 0.2) is 23.4 Å². The molecule has 0 aliphatic carbocycles. The van der Waals surface area contributed by atoms with Crippen LogP contribution < -0.4 is 5.73 Å². The van der Waals surface area contributed by atoms with Gasteiger partial charge in [0.2, 0.25) is 0 Å². The van der Waals surface area contributed by atoms with Gasteiger partial charge in [0.15, 0.2) is 5.84 Å². The number of rotatable bonds is 3. The van der Waals surface area contributed by atoms with Crippen molar-refractivity contribution in [2.45, 2.75) is 13.1 Å². The van der Waals surface area contributed by atoms with Gasteiger partial charge in [-0.1, -0.05) is 5.16 Å². The highest BCUT2D eigenvalue weighted by Crippen LogP contribution is 2.30. The molecule has 9 heteroatoms. The minimum Gasteiger partial charge on any atom is -0.465 e. The minimum atomic E-state index is -4.69. The quantitative estimate of drug-likeness (QED) is 0.301. The molecule has 0 fully saturated rings. The molecule has 0 atom stereocenters. The van der Waals surface area contributed by atoms with E-state index >= 15 is 0 Å². The van der Waals surface area contributed by atoms with Crippen LogP contribution in [0.25, 0.3) is 0 Å². The Morgan fingerprint density at radius 1 is 1.19 bits per heavy atom. The maximum absolute atomic E-state index is 12.8. The number of hydrogen-bond acceptors (Lipinski definition) is 5. The summed E-state index contributed by atoms with van der Waals surface area (Å²) in [6, 6.07) is 2.34. The van der Waals surface area contributed by atoms with Gasteiger partial charge in [-0.25, -0.2) is 9.59 Å². The number of methoxy groups -OCH3 is 1. The van der Waals surface area contributed by atoms with E-state index in [1.165, 1.54) is 0 Å². The van der Waals surface area contributed by atoms with E-state index in [-0.39, 0.29) is 11.1 Å². The van der Waals surface area contributed by atoms with Crippen LogP contribution in [0.1, 0.15) is 28.4 Å². The smallest absolute Gasteiger partial charge is 0.416 e. The third-order valence-corrected chi connectivity index (χ3v) is 2.25. The van der Waals surface area contributed by atoms with Crippen LogP contribution in [-0.4, -0.2) is 24.9 Å². The SMILES string of the molecule is COC(=O)c1cc(C(N)=NOC(C)=O)cc(C(F)(F)F)c1.